The molecule has 0 unspecified atom stereocenters. The van der Waals surface area contributed by atoms with E-state index in [0.717, 1.165) is 6.07 Å². The van der Waals surface area contributed by atoms with E-state index in [-0.39, 0.29) is 28.2 Å². The Kier molecular flexibility index (Phi) is 3.98. The van der Waals surface area contributed by atoms with Crippen LogP contribution in [0.2, 0.25) is 0 Å². The van der Waals surface area contributed by atoms with Gasteiger partial charge in [-0.1, -0.05) is 5.16 Å². The molecule has 0 saturated heterocycles. The molecule has 1 aromatic heterocycles. The number of benzene rings is 1. The normalized spacial score (nSPS) is 11.2. The van der Waals surface area contributed by atoms with Crippen LogP contribution >= 0.6 is 0 Å². The smallest absolute Gasteiger partial charge is 0.257 e. The zero-order valence-electron chi connectivity index (χ0n) is 10.6. The summed E-state index contributed by atoms with van der Waals surface area (Å²) in [5, 5.41) is 13.6. The quantitative estimate of drug-likeness (QED) is 0.290. The van der Waals surface area contributed by atoms with Crippen molar-refractivity contribution in [2.24, 2.45) is 10.9 Å². The van der Waals surface area contributed by atoms with Crippen molar-refractivity contribution in [1.82, 2.24) is 4.98 Å². The molecule has 0 radical (unpaired) electrons. The molecule has 0 aliphatic heterocycles. The van der Waals surface area contributed by atoms with Gasteiger partial charge in [0, 0.05) is 17.8 Å². The Balaban J connectivity index is 2.22. The lowest BCUT2D eigenvalue weighted by molar-refractivity contribution is 0.102. The molecule has 1 amide bonds. The van der Waals surface area contributed by atoms with Crippen LogP contribution in [0.1, 0.15) is 15.9 Å². The third kappa shape index (κ3) is 3.24. The molecule has 1 aromatic carbocycles. The topological polar surface area (TPSA) is 121 Å². The van der Waals surface area contributed by atoms with Crippen LogP contribution in [0.5, 0.6) is 0 Å². The van der Waals surface area contributed by atoms with Crippen LogP contribution in [0.15, 0.2) is 46.5 Å². The Morgan fingerprint density at radius 2 is 2.00 bits per heavy atom. The summed E-state index contributed by atoms with van der Waals surface area (Å²) >= 11 is 0. The summed E-state index contributed by atoms with van der Waals surface area (Å²) in [6.07, 6.45) is 1.22. The number of oxime groups is 1. The van der Waals surface area contributed by atoms with Crippen molar-refractivity contribution in [3.05, 3.63) is 63.8 Å². The lowest BCUT2D eigenvalue weighted by Crippen LogP contribution is -2.17. The molecule has 0 fully saturated rings. The highest BCUT2D eigenvalue weighted by Crippen LogP contribution is 2.16. The van der Waals surface area contributed by atoms with Gasteiger partial charge in [0.15, 0.2) is 5.84 Å². The summed E-state index contributed by atoms with van der Waals surface area (Å²) in [5.74, 6) is -1.56. The van der Waals surface area contributed by atoms with Crippen molar-refractivity contribution >= 4 is 17.4 Å². The standard InChI is InChI=1S/C13H11FN4O3/c14-9-5-7(12(15)18-21)1-3-10(9)17-13(20)8-2-4-11(19)16-6-8/h1-6,21H,(H2,15,18)(H,16,19)(H,17,20). The van der Waals surface area contributed by atoms with Crippen molar-refractivity contribution < 1.29 is 14.4 Å². The van der Waals surface area contributed by atoms with Crippen molar-refractivity contribution in [3.8, 4) is 0 Å². The van der Waals surface area contributed by atoms with E-state index in [1.54, 1.807) is 0 Å². The fourth-order valence-corrected chi connectivity index (χ4v) is 1.58. The number of amides is 1. The number of aromatic amines is 1. The summed E-state index contributed by atoms with van der Waals surface area (Å²) in [5.41, 5.74) is 5.27. The van der Waals surface area contributed by atoms with Crippen LogP contribution in [-0.4, -0.2) is 21.9 Å². The van der Waals surface area contributed by atoms with E-state index < -0.39 is 11.7 Å². The number of hydrogen-bond donors (Lipinski definition) is 4. The summed E-state index contributed by atoms with van der Waals surface area (Å²) in [6.45, 7) is 0. The molecular formula is C13H11FN4O3. The fraction of sp³-hybridized carbons (Fsp3) is 0. The van der Waals surface area contributed by atoms with Gasteiger partial charge in [0.25, 0.3) is 5.91 Å². The molecule has 5 N–H and O–H groups in total. The maximum atomic E-state index is 13.8. The number of rotatable bonds is 3. The monoisotopic (exact) mass is 290 g/mol. The first-order valence-electron chi connectivity index (χ1n) is 5.79. The first kappa shape index (κ1) is 14.3. The van der Waals surface area contributed by atoms with Gasteiger partial charge >= 0.3 is 0 Å². The van der Waals surface area contributed by atoms with Gasteiger partial charge in [-0.2, -0.15) is 0 Å². The molecule has 7 nitrogen and oxygen atoms in total. The summed E-state index contributed by atoms with van der Waals surface area (Å²) in [7, 11) is 0. The lowest BCUT2D eigenvalue weighted by Gasteiger charge is -2.07. The second-order valence-corrected chi connectivity index (χ2v) is 4.08. The number of carbonyl (C=O) groups is 1. The molecule has 0 saturated carbocycles. The minimum Gasteiger partial charge on any atom is -0.409 e. The predicted molar refractivity (Wildman–Crippen MR) is 73.9 cm³/mol. The average molecular weight is 290 g/mol. The number of pyridine rings is 1. The Morgan fingerprint density at radius 1 is 1.29 bits per heavy atom. The van der Waals surface area contributed by atoms with E-state index in [1.807, 2.05) is 0 Å². The molecule has 108 valence electrons. The number of amidine groups is 1. The van der Waals surface area contributed by atoms with Crippen LogP contribution in [0, 0.1) is 5.82 Å². The van der Waals surface area contributed by atoms with Crippen LogP contribution in [0.4, 0.5) is 10.1 Å². The van der Waals surface area contributed by atoms with E-state index in [9.17, 15) is 14.0 Å². The molecule has 0 aliphatic rings. The van der Waals surface area contributed by atoms with Gasteiger partial charge in [-0.15, -0.1) is 0 Å². The summed E-state index contributed by atoms with van der Waals surface area (Å²) < 4.78 is 13.8. The minimum atomic E-state index is -0.739. The number of halogens is 1. The third-order valence-corrected chi connectivity index (χ3v) is 2.67. The van der Waals surface area contributed by atoms with Crippen molar-refractivity contribution in [2.45, 2.75) is 0 Å². The van der Waals surface area contributed by atoms with Crippen molar-refractivity contribution in [3.63, 3.8) is 0 Å². The number of anilines is 1. The van der Waals surface area contributed by atoms with Gasteiger partial charge in [0.05, 0.1) is 11.3 Å². The van der Waals surface area contributed by atoms with Gasteiger partial charge < -0.3 is 21.2 Å². The number of aromatic nitrogens is 1. The maximum Gasteiger partial charge on any atom is 0.257 e. The largest absolute Gasteiger partial charge is 0.409 e. The molecule has 2 aromatic rings. The Morgan fingerprint density at radius 3 is 2.57 bits per heavy atom. The van der Waals surface area contributed by atoms with Gasteiger partial charge in [0.2, 0.25) is 5.56 Å². The van der Waals surface area contributed by atoms with E-state index in [4.69, 9.17) is 10.9 Å². The first-order chi connectivity index (χ1) is 10.0. The molecule has 0 atom stereocenters. The Hall–Kier alpha value is -3.16. The van der Waals surface area contributed by atoms with Gasteiger partial charge in [-0.25, -0.2) is 4.39 Å². The number of carbonyl (C=O) groups excluding carboxylic acids is 1. The molecule has 1 heterocycles. The summed E-state index contributed by atoms with van der Waals surface area (Å²) in [6, 6.07) is 6.20. The summed E-state index contributed by atoms with van der Waals surface area (Å²) in [4.78, 5) is 25.1. The van der Waals surface area contributed by atoms with E-state index in [1.165, 1.54) is 30.5 Å². The van der Waals surface area contributed by atoms with Gasteiger partial charge in [-0.3, -0.25) is 9.59 Å². The third-order valence-electron chi connectivity index (χ3n) is 2.67. The number of H-pyrrole nitrogens is 1. The van der Waals surface area contributed by atoms with E-state index >= 15 is 0 Å². The zero-order valence-corrected chi connectivity index (χ0v) is 10.6. The molecule has 0 aliphatic carbocycles. The fourth-order valence-electron chi connectivity index (χ4n) is 1.58. The maximum absolute atomic E-state index is 13.8. The molecule has 21 heavy (non-hydrogen) atoms. The van der Waals surface area contributed by atoms with Crippen molar-refractivity contribution in [1.29, 1.82) is 0 Å². The second kappa shape index (κ2) is 5.87. The van der Waals surface area contributed by atoms with E-state index in [2.05, 4.69) is 15.5 Å². The highest BCUT2D eigenvalue weighted by Gasteiger charge is 2.11. The first-order valence-corrected chi connectivity index (χ1v) is 5.79. The van der Waals surface area contributed by atoms with Crippen LogP contribution < -0.4 is 16.6 Å². The molecular weight excluding hydrogens is 279 g/mol. The van der Waals surface area contributed by atoms with Crippen LogP contribution in [0.25, 0.3) is 0 Å². The number of nitrogens with zero attached hydrogens (tertiary/aromatic N) is 1. The zero-order chi connectivity index (χ0) is 15.4. The second-order valence-electron chi connectivity index (χ2n) is 4.08. The van der Waals surface area contributed by atoms with Crippen molar-refractivity contribution in [2.75, 3.05) is 5.32 Å². The highest BCUT2D eigenvalue weighted by molar-refractivity contribution is 6.04. The Labute approximate surface area is 117 Å². The lowest BCUT2D eigenvalue weighted by atomic mass is 10.1. The molecule has 0 bridgehead atoms. The predicted octanol–water partition coefficient (Wildman–Crippen LogP) is 0.861. The molecule has 8 heteroatoms. The molecule has 0 spiro atoms. The molecule has 2 rings (SSSR count). The SMILES string of the molecule is N/C(=N/O)c1ccc(NC(=O)c2ccc(=O)[nH]c2)c(F)c1. The van der Waals surface area contributed by atoms with Crippen LogP contribution in [0.3, 0.4) is 0 Å². The average Bonchev–Trinajstić information content (AvgIpc) is 2.49. The van der Waals surface area contributed by atoms with Gasteiger partial charge in [-0.05, 0) is 24.3 Å². The minimum absolute atomic E-state index is 0.0688. The number of nitrogens with two attached hydrogens (primary N) is 1. The number of nitrogens with one attached hydrogen (secondary N) is 2. The van der Waals surface area contributed by atoms with E-state index in [0.29, 0.717) is 0 Å². The highest BCUT2D eigenvalue weighted by atomic mass is 19.1. The van der Waals surface area contributed by atoms with Gasteiger partial charge in [0.1, 0.15) is 5.82 Å². The van der Waals surface area contributed by atoms with Crippen LogP contribution in [-0.2, 0) is 0 Å². The Bertz CT molecular complexity index is 750. The number of hydrogen-bond acceptors (Lipinski definition) is 4.